The van der Waals surface area contributed by atoms with Crippen molar-refractivity contribution in [2.45, 2.75) is 52.5 Å². The molecular weight excluding hydrogens is 278 g/mol. The summed E-state index contributed by atoms with van der Waals surface area (Å²) in [6, 6.07) is 0. The first kappa shape index (κ1) is 15.5. The molecule has 1 aliphatic carbocycles. The van der Waals surface area contributed by atoms with Crippen molar-refractivity contribution in [3.63, 3.8) is 0 Å². The molecule has 1 aromatic rings. The second-order valence-corrected chi connectivity index (χ2v) is 6.74. The van der Waals surface area contributed by atoms with Gasteiger partial charge < -0.3 is 9.42 Å². The Morgan fingerprint density at radius 1 is 1.14 bits per heavy atom. The third-order valence-corrected chi connectivity index (χ3v) is 5.17. The van der Waals surface area contributed by atoms with Crippen molar-refractivity contribution in [1.29, 1.82) is 0 Å². The van der Waals surface area contributed by atoms with Crippen molar-refractivity contribution in [2.24, 2.45) is 5.92 Å². The molecule has 1 aliphatic heterocycles. The fourth-order valence-corrected chi connectivity index (χ4v) is 3.73. The molecule has 0 spiro atoms. The van der Waals surface area contributed by atoms with Crippen LogP contribution in [0.15, 0.2) is 4.52 Å². The van der Waals surface area contributed by atoms with Crippen molar-refractivity contribution in [1.82, 2.24) is 15.0 Å². The molecule has 0 atom stereocenters. The summed E-state index contributed by atoms with van der Waals surface area (Å²) in [5.41, 5.74) is 2.19. The molecule has 2 aliphatic rings. The van der Waals surface area contributed by atoms with Crippen LogP contribution < -0.4 is 0 Å². The Bertz CT molecular complexity index is 500. The summed E-state index contributed by atoms with van der Waals surface area (Å²) in [5.74, 6) is 1.62. The van der Waals surface area contributed by atoms with Crippen LogP contribution in [-0.4, -0.2) is 47.0 Å². The molecule has 122 valence electrons. The Labute approximate surface area is 132 Å². The van der Waals surface area contributed by atoms with Crippen LogP contribution in [-0.2, 0) is 11.3 Å². The molecule has 2 fully saturated rings. The SMILES string of the molecule is Cc1noc(C)c1CN1CCCN(C(=O)C2CCCC2)CC1. The van der Waals surface area contributed by atoms with Crippen LogP contribution in [0.25, 0.3) is 0 Å². The van der Waals surface area contributed by atoms with E-state index in [1.807, 2.05) is 13.8 Å². The average Bonchev–Trinajstić information content (AvgIpc) is 3.07. The van der Waals surface area contributed by atoms with Crippen molar-refractivity contribution in [3.8, 4) is 0 Å². The molecule has 5 heteroatoms. The van der Waals surface area contributed by atoms with Gasteiger partial charge in [-0.3, -0.25) is 9.69 Å². The first-order valence-electron chi connectivity index (χ1n) is 8.58. The van der Waals surface area contributed by atoms with Crippen molar-refractivity contribution >= 4 is 5.91 Å². The van der Waals surface area contributed by atoms with Crippen LogP contribution >= 0.6 is 0 Å². The van der Waals surface area contributed by atoms with Gasteiger partial charge in [0, 0.05) is 44.2 Å². The molecule has 1 saturated carbocycles. The highest BCUT2D eigenvalue weighted by atomic mass is 16.5. The fraction of sp³-hybridized carbons (Fsp3) is 0.765. The molecular formula is C17H27N3O2. The van der Waals surface area contributed by atoms with E-state index in [9.17, 15) is 4.79 Å². The highest BCUT2D eigenvalue weighted by Gasteiger charge is 2.28. The van der Waals surface area contributed by atoms with E-state index in [-0.39, 0.29) is 0 Å². The molecule has 1 amide bonds. The second kappa shape index (κ2) is 6.82. The van der Waals surface area contributed by atoms with Gasteiger partial charge in [-0.2, -0.15) is 0 Å². The smallest absolute Gasteiger partial charge is 0.225 e. The predicted octanol–water partition coefficient (Wildman–Crippen LogP) is 2.52. The van der Waals surface area contributed by atoms with Gasteiger partial charge in [0.15, 0.2) is 0 Å². The lowest BCUT2D eigenvalue weighted by atomic mass is 10.1. The topological polar surface area (TPSA) is 49.6 Å². The molecule has 0 unspecified atom stereocenters. The van der Waals surface area contributed by atoms with E-state index in [2.05, 4.69) is 15.0 Å². The van der Waals surface area contributed by atoms with Gasteiger partial charge >= 0.3 is 0 Å². The maximum absolute atomic E-state index is 12.6. The van der Waals surface area contributed by atoms with E-state index in [0.29, 0.717) is 11.8 Å². The summed E-state index contributed by atoms with van der Waals surface area (Å²) in [6.45, 7) is 8.61. The molecule has 22 heavy (non-hydrogen) atoms. The van der Waals surface area contributed by atoms with Gasteiger partial charge in [-0.05, 0) is 33.1 Å². The molecule has 0 aromatic carbocycles. The molecule has 0 N–H and O–H groups in total. The Balaban J connectivity index is 1.56. The maximum atomic E-state index is 12.6. The lowest BCUT2D eigenvalue weighted by Crippen LogP contribution is -2.38. The van der Waals surface area contributed by atoms with Crippen molar-refractivity contribution in [3.05, 3.63) is 17.0 Å². The number of aryl methyl sites for hydroxylation is 2. The van der Waals surface area contributed by atoms with Gasteiger partial charge in [0.2, 0.25) is 5.91 Å². The fourth-order valence-electron chi connectivity index (χ4n) is 3.73. The van der Waals surface area contributed by atoms with Crippen LogP contribution in [0, 0.1) is 19.8 Å². The standard InChI is InChI=1S/C17H27N3O2/c1-13-16(14(2)22-18-13)12-19-8-5-9-20(11-10-19)17(21)15-6-3-4-7-15/h15H,3-12H2,1-2H3. The van der Waals surface area contributed by atoms with E-state index in [1.54, 1.807) is 0 Å². The minimum absolute atomic E-state index is 0.300. The number of carbonyl (C=O) groups excluding carboxylic acids is 1. The van der Waals surface area contributed by atoms with E-state index in [1.165, 1.54) is 18.4 Å². The van der Waals surface area contributed by atoms with Crippen molar-refractivity contribution in [2.75, 3.05) is 26.2 Å². The zero-order valence-electron chi connectivity index (χ0n) is 13.8. The first-order chi connectivity index (χ1) is 10.6. The summed E-state index contributed by atoms with van der Waals surface area (Å²) < 4.78 is 5.25. The number of rotatable bonds is 3. The monoisotopic (exact) mass is 305 g/mol. The molecule has 0 bridgehead atoms. The minimum atomic E-state index is 0.300. The number of nitrogens with zero attached hydrogens (tertiary/aromatic N) is 3. The number of hydrogen-bond donors (Lipinski definition) is 0. The zero-order chi connectivity index (χ0) is 15.5. The van der Waals surface area contributed by atoms with Gasteiger partial charge in [0.1, 0.15) is 5.76 Å². The van der Waals surface area contributed by atoms with E-state index in [0.717, 1.165) is 63.4 Å². The van der Waals surface area contributed by atoms with Gasteiger partial charge in [0.05, 0.1) is 5.69 Å². The lowest BCUT2D eigenvalue weighted by Gasteiger charge is -2.24. The third-order valence-electron chi connectivity index (χ3n) is 5.17. The van der Waals surface area contributed by atoms with E-state index < -0.39 is 0 Å². The number of aromatic nitrogens is 1. The largest absolute Gasteiger partial charge is 0.361 e. The Hall–Kier alpha value is -1.36. The van der Waals surface area contributed by atoms with Gasteiger partial charge in [0.25, 0.3) is 0 Å². The van der Waals surface area contributed by atoms with Crippen LogP contribution in [0.5, 0.6) is 0 Å². The summed E-state index contributed by atoms with van der Waals surface area (Å²) in [6.07, 6.45) is 5.70. The maximum Gasteiger partial charge on any atom is 0.225 e. The summed E-state index contributed by atoms with van der Waals surface area (Å²) in [4.78, 5) is 17.1. The number of amides is 1. The highest BCUT2D eigenvalue weighted by molar-refractivity contribution is 5.79. The first-order valence-corrected chi connectivity index (χ1v) is 8.58. The van der Waals surface area contributed by atoms with E-state index in [4.69, 9.17) is 4.52 Å². The third kappa shape index (κ3) is 3.35. The Kier molecular flexibility index (Phi) is 4.81. The van der Waals surface area contributed by atoms with E-state index >= 15 is 0 Å². The Morgan fingerprint density at radius 2 is 1.91 bits per heavy atom. The number of carbonyl (C=O) groups is 1. The average molecular weight is 305 g/mol. The second-order valence-electron chi connectivity index (χ2n) is 6.74. The zero-order valence-corrected chi connectivity index (χ0v) is 13.8. The quantitative estimate of drug-likeness (QED) is 0.861. The van der Waals surface area contributed by atoms with Crippen molar-refractivity contribution < 1.29 is 9.32 Å². The summed E-state index contributed by atoms with van der Waals surface area (Å²) >= 11 is 0. The molecule has 3 rings (SSSR count). The van der Waals surface area contributed by atoms with Gasteiger partial charge in [-0.1, -0.05) is 18.0 Å². The predicted molar refractivity (Wildman–Crippen MR) is 84.4 cm³/mol. The normalized spacial score (nSPS) is 21.3. The van der Waals surface area contributed by atoms with Crippen LogP contribution in [0.4, 0.5) is 0 Å². The molecule has 1 saturated heterocycles. The molecule has 2 heterocycles. The molecule has 5 nitrogen and oxygen atoms in total. The molecule has 1 aromatic heterocycles. The van der Waals surface area contributed by atoms with Crippen LogP contribution in [0.2, 0.25) is 0 Å². The van der Waals surface area contributed by atoms with Gasteiger partial charge in [-0.15, -0.1) is 0 Å². The summed E-state index contributed by atoms with van der Waals surface area (Å²) in [5, 5.41) is 4.03. The minimum Gasteiger partial charge on any atom is -0.361 e. The lowest BCUT2D eigenvalue weighted by molar-refractivity contribution is -0.135. The highest BCUT2D eigenvalue weighted by Crippen LogP contribution is 2.27. The van der Waals surface area contributed by atoms with Gasteiger partial charge in [-0.25, -0.2) is 0 Å². The Morgan fingerprint density at radius 3 is 2.59 bits per heavy atom. The summed E-state index contributed by atoms with van der Waals surface area (Å²) in [7, 11) is 0. The molecule has 0 radical (unpaired) electrons. The number of hydrogen-bond acceptors (Lipinski definition) is 4. The van der Waals surface area contributed by atoms with Crippen LogP contribution in [0.1, 0.15) is 49.1 Å². The van der Waals surface area contributed by atoms with Crippen LogP contribution in [0.3, 0.4) is 0 Å².